The Balaban J connectivity index is 1.53. The monoisotopic (exact) mass is 409 g/mol. The summed E-state index contributed by atoms with van der Waals surface area (Å²) >= 11 is 1.25. The van der Waals surface area contributed by atoms with Gasteiger partial charge in [-0.15, -0.1) is 11.3 Å². The van der Waals surface area contributed by atoms with Crippen molar-refractivity contribution in [1.82, 2.24) is 4.98 Å². The third-order valence-electron chi connectivity index (χ3n) is 4.06. The first-order chi connectivity index (χ1) is 14.0. The second-order valence-electron chi connectivity index (χ2n) is 6.09. The molecular weight excluding hydrogens is 390 g/mol. The van der Waals surface area contributed by atoms with E-state index in [1.807, 2.05) is 35.7 Å². The number of thiazole rings is 1. The number of carbonyl (C=O) groups is 3. The van der Waals surface area contributed by atoms with Crippen molar-refractivity contribution in [1.29, 1.82) is 0 Å². The van der Waals surface area contributed by atoms with Crippen LogP contribution >= 0.6 is 11.3 Å². The zero-order valence-corrected chi connectivity index (χ0v) is 16.5. The molecule has 0 saturated carbocycles. The number of esters is 1. The number of rotatable bonds is 6. The normalized spacial score (nSPS) is 10.2. The summed E-state index contributed by atoms with van der Waals surface area (Å²) in [5.74, 6) is -1.87. The standard InChI is InChI=1S/C21H19N3O4S/c1-28-18(25)12-9-14-7-10-16(11-8-14)22-19(26)20(27)24-21-23-17(13-29-21)15-5-3-2-4-6-15/h2-8,10-11,13H,9,12H2,1H3,(H,22,26)(H,23,24,27). The number of anilines is 2. The summed E-state index contributed by atoms with van der Waals surface area (Å²) in [4.78, 5) is 39.8. The van der Waals surface area contributed by atoms with Gasteiger partial charge in [0.25, 0.3) is 0 Å². The lowest BCUT2D eigenvalue weighted by Gasteiger charge is -2.06. The van der Waals surface area contributed by atoms with Crippen molar-refractivity contribution in [3.63, 3.8) is 0 Å². The minimum Gasteiger partial charge on any atom is -0.469 e. The Bertz CT molecular complexity index is 1000. The van der Waals surface area contributed by atoms with Gasteiger partial charge in [-0.25, -0.2) is 4.98 Å². The number of amides is 2. The first-order valence-electron chi connectivity index (χ1n) is 8.84. The molecule has 0 fully saturated rings. The number of ether oxygens (including phenoxy) is 1. The van der Waals surface area contributed by atoms with Crippen LogP contribution in [0, 0.1) is 0 Å². The number of aryl methyl sites for hydroxylation is 1. The Morgan fingerprint density at radius 1 is 0.966 bits per heavy atom. The van der Waals surface area contributed by atoms with Crippen molar-refractivity contribution in [3.8, 4) is 11.3 Å². The average molecular weight is 409 g/mol. The summed E-state index contributed by atoms with van der Waals surface area (Å²) in [7, 11) is 1.35. The van der Waals surface area contributed by atoms with Gasteiger partial charge in [0.2, 0.25) is 0 Å². The maximum absolute atomic E-state index is 12.1. The molecule has 29 heavy (non-hydrogen) atoms. The predicted octanol–water partition coefficient (Wildman–Crippen LogP) is 3.49. The molecule has 0 bridgehead atoms. The Morgan fingerprint density at radius 2 is 1.66 bits per heavy atom. The van der Waals surface area contributed by atoms with Gasteiger partial charge in [-0.3, -0.25) is 19.7 Å². The molecular formula is C21H19N3O4S. The van der Waals surface area contributed by atoms with Crippen LogP contribution in [0.5, 0.6) is 0 Å². The lowest BCUT2D eigenvalue weighted by Crippen LogP contribution is -2.29. The van der Waals surface area contributed by atoms with E-state index in [9.17, 15) is 14.4 Å². The lowest BCUT2D eigenvalue weighted by atomic mass is 10.1. The van der Waals surface area contributed by atoms with Crippen LogP contribution in [0.3, 0.4) is 0 Å². The first-order valence-corrected chi connectivity index (χ1v) is 9.72. The molecule has 148 valence electrons. The van der Waals surface area contributed by atoms with Crippen LogP contribution in [0.2, 0.25) is 0 Å². The second-order valence-corrected chi connectivity index (χ2v) is 6.94. The number of benzene rings is 2. The summed E-state index contributed by atoms with van der Waals surface area (Å²) in [6.45, 7) is 0. The quantitative estimate of drug-likeness (QED) is 0.480. The average Bonchev–Trinajstić information content (AvgIpc) is 3.22. The molecule has 7 nitrogen and oxygen atoms in total. The number of nitrogens with zero attached hydrogens (tertiary/aromatic N) is 1. The molecule has 3 rings (SSSR count). The van der Waals surface area contributed by atoms with Gasteiger partial charge in [-0.1, -0.05) is 42.5 Å². The Labute approximate surface area is 171 Å². The number of hydrogen-bond acceptors (Lipinski definition) is 6. The van der Waals surface area contributed by atoms with Gasteiger partial charge < -0.3 is 10.1 Å². The highest BCUT2D eigenvalue weighted by molar-refractivity contribution is 7.14. The highest BCUT2D eigenvalue weighted by atomic mass is 32.1. The van der Waals surface area contributed by atoms with Gasteiger partial charge in [0.1, 0.15) is 0 Å². The third-order valence-corrected chi connectivity index (χ3v) is 4.82. The largest absolute Gasteiger partial charge is 0.469 e. The van der Waals surface area contributed by atoms with E-state index in [0.717, 1.165) is 16.8 Å². The third kappa shape index (κ3) is 5.73. The molecule has 0 aliphatic rings. The van der Waals surface area contributed by atoms with Crippen LogP contribution in [0.25, 0.3) is 11.3 Å². The van der Waals surface area contributed by atoms with Crippen molar-refractivity contribution in [2.45, 2.75) is 12.8 Å². The SMILES string of the molecule is COC(=O)CCc1ccc(NC(=O)C(=O)Nc2nc(-c3ccccc3)cs2)cc1. The summed E-state index contributed by atoms with van der Waals surface area (Å²) in [6, 6.07) is 16.5. The molecule has 0 spiro atoms. The fourth-order valence-corrected chi connectivity index (χ4v) is 3.23. The molecule has 0 saturated heterocycles. The van der Waals surface area contributed by atoms with Crippen LogP contribution in [-0.4, -0.2) is 29.9 Å². The molecule has 2 amide bonds. The second kappa shape index (κ2) is 9.61. The zero-order valence-electron chi connectivity index (χ0n) is 15.7. The van der Waals surface area contributed by atoms with Gasteiger partial charge in [0.05, 0.1) is 12.8 Å². The summed E-state index contributed by atoms with van der Waals surface area (Å²) in [5, 5.41) is 7.21. The van der Waals surface area contributed by atoms with E-state index in [0.29, 0.717) is 17.2 Å². The van der Waals surface area contributed by atoms with E-state index in [-0.39, 0.29) is 12.4 Å². The van der Waals surface area contributed by atoms with E-state index in [1.165, 1.54) is 18.4 Å². The van der Waals surface area contributed by atoms with Crippen LogP contribution in [0.15, 0.2) is 60.0 Å². The van der Waals surface area contributed by atoms with Crippen molar-refractivity contribution < 1.29 is 19.1 Å². The molecule has 0 aliphatic heterocycles. The van der Waals surface area contributed by atoms with Crippen molar-refractivity contribution >= 4 is 39.9 Å². The zero-order chi connectivity index (χ0) is 20.6. The highest BCUT2D eigenvalue weighted by Gasteiger charge is 2.16. The van der Waals surface area contributed by atoms with E-state index in [1.54, 1.807) is 24.3 Å². The highest BCUT2D eigenvalue weighted by Crippen LogP contribution is 2.24. The minimum absolute atomic E-state index is 0.281. The Morgan fingerprint density at radius 3 is 2.34 bits per heavy atom. The van der Waals surface area contributed by atoms with Crippen LogP contribution < -0.4 is 10.6 Å². The maximum atomic E-state index is 12.1. The van der Waals surface area contributed by atoms with Crippen molar-refractivity contribution in [3.05, 3.63) is 65.5 Å². The smallest absolute Gasteiger partial charge is 0.315 e. The van der Waals surface area contributed by atoms with Gasteiger partial charge in [-0.2, -0.15) is 0 Å². The van der Waals surface area contributed by atoms with E-state index in [2.05, 4.69) is 20.4 Å². The molecule has 1 aromatic heterocycles. The molecule has 0 aliphatic carbocycles. The predicted molar refractivity (Wildman–Crippen MR) is 112 cm³/mol. The molecule has 0 radical (unpaired) electrons. The minimum atomic E-state index is -0.797. The fourth-order valence-electron chi connectivity index (χ4n) is 2.52. The maximum Gasteiger partial charge on any atom is 0.315 e. The van der Waals surface area contributed by atoms with Crippen molar-refractivity contribution in [2.75, 3.05) is 17.7 Å². The van der Waals surface area contributed by atoms with Crippen LogP contribution in [0.4, 0.5) is 10.8 Å². The van der Waals surface area contributed by atoms with Crippen molar-refractivity contribution in [2.24, 2.45) is 0 Å². The van der Waals surface area contributed by atoms with Gasteiger partial charge >= 0.3 is 17.8 Å². The van der Waals surface area contributed by atoms with Crippen LogP contribution in [-0.2, 0) is 25.5 Å². The Kier molecular flexibility index (Phi) is 6.70. The number of nitrogens with one attached hydrogen (secondary N) is 2. The topological polar surface area (TPSA) is 97.4 Å². The Hall–Kier alpha value is -3.52. The molecule has 2 aromatic carbocycles. The number of hydrogen-bond donors (Lipinski definition) is 2. The summed E-state index contributed by atoms with van der Waals surface area (Å²) in [6.07, 6.45) is 0.818. The van der Waals surface area contributed by atoms with Crippen LogP contribution in [0.1, 0.15) is 12.0 Å². The number of methoxy groups -OCH3 is 1. The van der Waals surface area contributed by atoms with E-state index < -0.39 is 11.8 Å². The number of carbonyl (C=O) groups excluding carboxylic acids is 3. The van der Waals surface area contributed by atoms with E-state index in [4.69, 9.17) is 0 Å². The summed E-state index contributed by atoms with van der Waals surface area (Å²) < 4.78 is 4.61. The fraction of sp³-hybridized carbons (Fsp3) is 0.143. The lowest BCUT2D eigenvalue weighted by molar-refractivity contribution is -0.140. The number of aromatic nitrogens is 1. The molecule has 3 aromatic rings. The summed E-state index contributed by atoms with van der Waals surface area (Å²) in [5.41, 5.74) is 3.07. The van der Waals surface area contributed by atoms with Gasteiger partial charge in [-0.05, 0) is 24.1 Å². The first kappa shape index (κ1) is 20.2. The molecule has 1 heterocycles. The van der Waals surface area contributed by atoms with E-state index >= 15 is 0 Å². The molecule has 0 atom stereocenters. The van der Waals surface area contributed by atoms with Gasteiger partial charge in [0, 0.05) is 23.1 Å². The molecule has 2 N–H and O–H groups in total. The molecule has 0 unspecified atom stereocenters. The molecule has 8 heteroatoms. The van der Waals surface area contributed by atoms with Gasteiger partial charge in [0.15, 0.2) is 5.13 Å².